The molecule has 1 aliphatic heterocycles. The van der Waals surface area contributed by atoms with E-state index in [4.69, 9.17) is 5.73 Å². The van der Waals surface area contributed by atoms with Crippen LogP contribution < -0.4 is 5.73 Å². The fraction of sp³-hybridized carbons (Fsp3) is 0.450. The number of rotatable bonds is 5. The highest BCUT2D eigenvalue weighted by molar-refractivity contribution is 5.89. The molecule has 14 heteroatoms. The fourth-order valence-corrected chi connectivity index (χ4v) is 3.88. The number of imidazole rings is 1. The molecular weight excluding hydrogens is 494 g/mol. The minimum absolute atomic E-state index is 0. The highest BCUT2D eigenvalue weighted by Crippen LogP contribution is 2.36. The van der Waals surface area contributed by atoms with Gasteiger partial charge in [0.05, 0.1) is 18.8 Å². The van der Waals surface area contributed by atoms with Crippen LogP contribution in [-0.4, -0.2) is 46.0 Å². The Kier molecular flexibility index (Phi) is 8.25. The van der Waals surface area contributed by atoms with Crippen molar-refractivity contribution in [3.63, 3.8) is 0 Å². The maximum absolute atomic E-state index is 13.9. The van der Waals surface area contributed by atoms with Crippen LogP contribution in [0.25, 0.3) is 0 Å². The number of halogens is 7. The molecule has 0 spiro atoms. The molecule has 0 radical (unpaired) electrons. The molecule has 188 valence electrons. The molecular formula is C20H21ClF6N4O3. The largest absolute Gasteiger partial charge is 0.464 e. The van der Waals surface area contributed by atoms with E-state index in [9.17, 15) is 35.9 Å². The van der Waals surface area contributed by atoms with Crippen LogP contribution in [0.1, 0.15) is 47.0 Å². The zero-order valence-corrected chi connectivity index (χ0v) is 18.8. The number of carbonyl (C=O) groups is 2. The van der Waals surface area contributed by atoms with Gasteiger partial charge in [0.15, 0.2) is 17.3 Å². The van der Waals surface area contributed by atoms with E-state index in [0.29, 0.717) is 12.1 Å². The number of alkyl halides is 3. The van der Waals surface area contributed by atoms with Gasteiger partial charge in [0.2, 0.25) is 11.7 Å². The average molecular weight is 515 g/mol. The lowest BCUT2D eigenvalue weighted by Crippen LogP contribution is -2.44. The van der Waals surface area contributed by atoms with Crippen LogP contribution in [0.2, 0.25) is 0 Å². The van der Waals surface area contributed by atoms with E-state index in [2.05, 4.69) is 9.72 Å². The molecule has 2 heterocycles. The second kappa shape index (κ2) is 10.2. The quantitative estimate of drug-likeness (QED) is 0.375. The lowest BCUT2D eigenvalue weighted by molar-refractivity contribution is -0.148. The van der Waals surface area contributed by atoms with Gasteiger partial charge in [-0.05, 0) is 25.0 Å². The SMILES string of the molecule is COC(=O)c1nc(C(F)(F)F)n2c1[C@H](C)N(C(=O)C[C@H](N)Cc1cc(F)c(F)cc1F)CC2.Cl. The molecule has 0 saturated carbocycles. The molecule has 7 nitrogen and oxygen atoms in total. The number of nitrogens with zero attached hydrogens (tertiary/aromatic N) is 3. The predicted molar refractivity (Wildman–Crippen MR) is 109 cm³/mol. The molecule has 1 amide bonds. The summed E-state index contributed by atoms with van der Waals surface area (Å²) in [5.41, 5.74) is 5.00. The number of methoxy groups -OCH3 is 1. The van der Waals surface area contributed by atoms with Gasteiger partial charge in [-0.2, -0.15) is 13.2 Å². The third-order valence-corrected chi connectivity index (χ3v) is 5.40. The molecule has 0 saturated heterocycles. The number of ether oxygens (including phenoxy) is 1. The van der Waals surface area contributed by atoms with Gasteiger partial charge in [-0.3, -0.25) is 4.79 Å². The predicted octanol–water partition coefficient (Wildman–Crippen LogP) is 3.39. The average Bonchev–Trinajstić information content (AvgIpc) is 3.12. The minimum Gasteiger partial charge on any atom is -0.464 e. The summed E-state index contributed by atoms with van der Waals surface area (Å²) in [6.07, 6.45) is -5.46. The summed E-state index contributed by atoms with van der Waals surface area (Å²) < 4.78 is 85.9. The first-order chi connectivity index (χ1) is 15.3. The number of hydrogen-bond acceptors (Lipinski definition) is 5. The van der Waals surface area contributed by atoms with E-state index in [1.807, 2.05) is 0 Å². The van der Waals surface area contributed by atoms with E-state index < -0.39 is 59.1 Å². The Morgan fingerprint density at radius 1 is 1.18 bits per heavy atom. The molecule has 2 aromatic rings. The second-order valence-electron chi connectivity index (χ2n) is 7.60. The number of fused-ring (bicyclic) bond motifs is 1. The van der Waals surface area contributed by atoms with Gasteiger partial charge in [-0.15, -0.1) is 12.4 Å². The van der Waals surface area contributed by atoms with Crippen LogP contribution >= 0.6 is 12.4 Å². The first-order valence-corrected chi connectivity index (χ1v) is 9.79. The smallest absolute Gasteiger partial charge is 0.449 e. The third kappa shape index (κ3) is 5.30. The van der Waals surface area contributed by atoms with Gasteiger partial charge >= 0.3 is 12.1 Å². The van der Waals surface area contributed by atoms with Crippen LogP contribution in [0.15, 0.2) is 12.1 Å². The van der Waals surface area contributed by atoms with Crippen LogP contribution in [-0.2, 0) is 28.7 Å². The Balaban J connectivity index is 0.00000408. The highest BCUT2D eigenvalue weighted by atomic mass is 35.5. The van der Waals surface area contributed by atoms with Gasteiger partial charge in [0.1, 0.15) is 5.82 Å². The maximum Gasteiger partial charge on any atom is 0.449 e. The number of aromatic nitrogens is 2. The summed E-state index contributed by atoms with van der Waals surface area (Å²) in [7, 11) is 0.994. The molecule has 1 aliphatic rings. The first kappa shape index (κ1) is 27.4. The van der Waals surface area contributed by atoms with Gasteiger partial charge in [-0.1, -0.05) is 0 Å². The topological polar surface area (TPSA) is 90.5 Å². The van der Waals surface area contributed by atoms with E-state index in [1.54, 1.807) is 0 Å². The van der Waals surface area contributed by atoms with Crippen molar-refractivity contribution in [1.29, 1.82) is 0 Å². The van der Waals surface area contributed by atoms with Crippen molar-refractivity contribution in [1.82, 2.24) is 14.5 Å². The zero-order valence-electron chi connectivity index (χ0n) is 18.0. The van der Waals surface area contributed by atoms with Gasteiger partial charge in [0.25, 0.3) is 0 Å². The van der Waals surface area contributed by atoms with Gasteiger partial charge in [0, 0.05) is 31.6 Å². The molecule has 2 N–H and O–H groups in total. The summed E-state index contributed by atoms with van der Waals surface area (Å²) >= 11 is 0. The Hall–Kier alpha value is -2.80. The van der Waals surface area contributed by atoms with Crippen molar-refractivity contribution in [3.8, 4) is 0 Å². The number of carbonyl (C=O) groups excluding carboxylic acids is 2. The fourth-order valence-electron chi connectivity index (χ4n) is 3.88. The monoisotopic (exact) mass is 514 g/mol. The normalized spacial score (nSPS) is 16.5. The Labute approximate surface area is 196 Å². The molecule has 1 aromatic carbocycles. The molecule has 34 heavy (non-hydrogen) atoms. The standard InChI is InChI=1S/C20H20F6N4O3.ClH/c1-9-17-16(18(32)33-2)28-19(20(24,25)26)30(17)4-3-29(9)15(31)7-11(27)5-10-6-13(22)14(23)8-12(10)21;/h6,8-9,11H,3-5,7,27H2,1-2H3;1H/t9-,11+;/m0./s1. The summed E-state index contributed by atoms with van der Waals surface area (Å²) in [5.74, 6) is -6.58. The summed E-state index contributed by atoms with van der Waals surface area (Å²) in [6, 6.07) is -0.934. The third-order valence-electron chi connectivity index (χ3n) is 5.40. The number of nitrogens with two attached hydrogens (primary N) is 1. The number of esters is 1. The highest BCUT2D eigenvalue weighted by Gasteiger charge is 2.44. The Bertz CT molecular complexity index is 1090. The van der Waals surface area contributed by atoms with Crippen LogP contribution in [0.3, 0.4) is 0 Å². The Morgan fingerprint density at radius 3 is 2.38 bits per heavy atom. The van der Waals surface area contributed by atoms with Gasteiger partial charge in [-0.25, -0.2) is 22.9 Å². The summed E-state index contributed by atoms with van der Waals surface area (Å²) in [5, 5.41) is 0. The molecule has 3 rings (SSSR count). The number of benzene rings is 1. The van der Waals surface area contributed by atoms with Gasteiger partial charge < -0.3 is 19.9 Å². The lowest BCUT2D eigenvalue weighted by atomic mass is 10.0. The molecule has 2 atom stereocenters. The van der Waals surface area contributed by atoms with Crippen molar-refractivity contribution < 1.29 is 40.7 Å². The zero-order chi connectivity index (χ0) is 24.7. The van der Waals surface area contributed by atoms with Crippen LogP contribution in [0, 0.1) is 17.5 Å². The summed E-state index contributed by atoms with van der Waals surface area (Å²) in [6.45, 7) is 1.02. The summed E-state index contributed by atoms with van der Waals surface area (Å²) in [4.78, 5) is 29.5. The van der Waals surface area contributed by atoms with Crippen molar-refractivity contribution in [2.24, 2.45) is 5.73 Å². The molecule has 1 aromatic heterocycles. The minimum atomic E-state index is -4.83. The van der Waals surface area contributed by atoms with Crippen LogP contribution in [0.4, 0.5) is 26.3 Å². The molecule has 0 fully saturated rings. The van der Waals surface area contributed by atoms with Crippen molar-refractivity contribution in [2.45, 2.75) is 44.6 Å². The molecule has 0 bridgehead atoms. The van der Waals surface area contributed by atoms with Crippen molar-refractivity contribution in [3.05, 3.63) is 52.4 Å². The van der Waals surface area contributed by atoms with E-state index in [0.717, 1.165) is 11.7 Å². The number of hydrogen-bond donors (Lipinski definition) is 1. The molecule has 0 unspecified atom stereocenters. The van der Waals surface area contributed by atoms with Crippen molar-refractivity contribution >= 4 is 24.3 Å². The van der Waals surface area contributed by atoms with E-state index in [-0.39, 0.29) is 49.6 Å². The number of amides is 1. The van der Waals surface area contributed by atoms with Crippen LogP contribution in [0.5, 0.6) is 0 Å². The van der Waals surface area contributed by atoms with E-state index in [1.165, 1.54) is 11.8 Å². The second-order valence-corrected chi connectivity index (χ2v) is 7.60. The van der Waals surface area contributed by atoms with E-state index >= 15 is 0 Å². The molecule has 0 aliphatic carbocycles. The Morgan fingerprint density at radius 2 is 1.79 bits per heavy atom. The van der Waals surface area contributed by atoms with Crippen molar-refractivity contribution in [2.75, 3.05) is 13.7 Å². The maximum atomic E-state index is 13.9. The first-order valence-electron chi connectivity index (χ1n) is 9.79. The lowest BCUT2D eigenvalue weighted by Gasteiger charge is -2.36.